The minimum atomic E-state index is -6.55. The lowest BCUT2D eigenvalue weighted by atomic mass is 10.1. The Hall–Kier alpha value is -1.46. The van der Waals surface area contributed by atoms with Crippen molar-refractivity contribution in [3.05, 3.63) is 12.2 Å². The summed E-state index contributed by atoms with van der Waals surface area (Å²) in [5, 5.41) is 7.92. The van der Waals surface area contributed by atoms with Crippen molar-refractivity contribution in [2.75, 3.05) is 6.67 Å². The highest BCUT2D eigenvalue weighted by molar-refractivity contribution is 5.79. The number of carbonyl (C=O) groups is 1. The van der Waals surface area contributed by atoms with Crippen molar-refractivity contribution in [1.29, 1.82) is 0 Å². The maximum absolute atomic E-state index is 12.8. The van der Waals surface area contributed by atoms with Crippen LogP contribution in [-0.4, -0.2) is 41.8 Å². The number of rotatable bonds is 7. The molecule has 0 saturated heterocycles. The van der Waals surface area contributed by atoms with Gasteiger partial charge in [0.25, 0.3) is 0 Å². The minimum Gasteiger partial charge on any atom is -0.478 e. The number of allylic oxidation sites excluding steroid dienone is 1. The number of carboxylic acid groups (broad SMARTS) is 1. The fourth-order valence-corrected chi connectivity index (χ4v) is 0.754. The van der Waals surface area contributed by atoms with E-state index in [1.54, 1.807) is 0 Å². The number of hydrogen-bond donors (Lipinski definition) is 1. The van der Waals surface area contributed by atoms with Crippen LogP contribution < -0.4 is 0 Å². The molecule has 0 saturated carbocycles. The average Bonchev–Trinajstić information content (AvgIpc) is 2.24. The van der Waals surface area contributed by atoms with E-state index in [9.17, 15) is 44.3 Å². The second kappa shape index (κ2) is 5.50. The predicted molar refractivity (Wildman–Crippen MR) is 43.6 cm³/mol. The van der Waals surface area contributed by atoms with Crippen LogP contribution in [0, 0.1) is 0 Å². The summed E-state index contributed by atoms with van der Waals surface area (Å²) in [6.07, 6.45) is -13.6. The molecular weight excluding hydrogens is 315 g/mol. The van der Waals surface area contributed by atoms with Crippen LogP contribution in [0.2, 0.25) is 0 Å². The topological polar surface area (TPSA) is 46.5 Å². The van der Waals surface area contributed by atoms with Crippen molar-refractivity contribution in [2.24, 2.45) is 0 Å². The van der Waals surface area contributed by atoms with E-state index in [0.29, 0.717) is 0 Å². The first kappa shape index (κ1) is 18.5. The Morgan fingerprint density at radius 2 is 1.50 bits per heavy atom. The maximum atomic E-state index is 12.8. The molecule has 1 N–H and O–H groups in total. The van der Waals surface area contributed by atoms with Gasteiger partial charge >= 0.3 is 30.0 Å². The SMILES string of the molecule is O=C(O)C=CC(F)(F)C(F)(F)C(F)(F)OC(F)(F)CF. The highest BCUT2D eigenvalue weighted by Gasteiger charge is 2.74. The third kappa shape index (κ3) is 4.02. The van der Waals surface area contributed by atoms with Crippen LogP contribution in [0.15, 0.2) is 12.2 Å². The summed E-state index contributed by atoms with van der Waals surface area (Å²) in [4.78, 5) is 9.84. The Labute approximate surface area is 104 Å². The Morgan fingerprint density at radius 1 is 1.05 bits per heavy atom. The van der Waals surface area contributed by atoms with Crippen molar-refractivity contribution < 1.29 is 54.2 Å². The molecule has 0 aliphatic heterocycles. The van der Waals surface area contributed by atoms with Gasteiger partial charge in [-0.1, -0.05) is 0 Å². The van der Waals surface area contributed by atoms with Gasteiger partial charge in [0, 0.05) is 6.08 Å². The smallest absolute Gasteiger partial charge is 0.430 e. The average molecular weight is 320 g/mol. The summed E-state index contributed by atoms with van der Waals surface area (Å²) in [5.74, 6) is -14.6. The van der Waals surface area contributed by atoms with Crippen molar-refractivity contribution in [2.45, 2.75) is 24.1 Å². The van der Waals surface area contributed by atoms with E-state index in [4.69, 9.17) is 5.11 Å². The first-order valence-corrected chi connectivity index (χ1v) is 4.38. The number of hydrogen-bond acceptors (Lipinski definition) is 2. The summed E-state index contributed by atoms with van der Waals surface area (Å²) in [6.45, 7) is -2.96. The van der Waals surface area contributed by atoms with Crippen LogP contribution in [-0.2, 0) is 9.53 Å². The molecule has 0 heterocycles. The molecule has 0 aliphatic rings. The Bertz CT molecular complexity index is 391. The van der Waals surface area contributed by atoms with Gasteiger partial charge in [-0.05, 0) is 6.08 Å². The standard InChI is InChI=1S/C8H5F9O3/c9-3-6(12,13)20-8(16,17)7(14,15)5(10,11)2-1-4(18)19/h1-2H,3H2,(H,18,19). The molecule has 0 aromatic carbocycles. The second-order valence-corrected chi connectivity index (χ2v) is 3.26. The van der Waals surface area contributed by atoms with E-state index < -0.39 is 48.9 Å². The monoisotopic (exact) mass is 320 g/mol. The molecule has 0 fully saturated rings. The third-order valence-corrected chi connectivity index (χ3v) is 1.65. The Balaban J connectivity index is 5.42. The van der Waals surface area contributed by atoms with Crippen LogP contribution in [0.3, 0.4) is 0 Å². The molecule has 0 rings (SSSR count). The summed E-state index contributed by atoms with van der Waals surface area (Å²) in [5.41, 5.74) is 0. The normalized spacial score (nSPS) is 14.8. The predicted octanol–water partition coefficient (Wildman–Crippen LogP) is 3.07. The number of halogens is 9. The zero-order chi connectivity index (χ0) is 16.4. The van der Waals surface area contributed by atoms with Gasteiger partial charge in [-0.2, -0.15) is 35.1 Å². The number of aliphatic carboxylic acids is 1. The lowest BCUT2D eigenvalue weighted by Crippen LogP contribution is -2.57. The van der Waals surface area contributed by atoms with E-state index in [-0.39, 0.29) is 0 Å². The molecule has 12 heteroatoms. The summed E-state index contributed by atoms with van der Waals surface area (Å²) < 4.78 is 114. The third-order valence-electron chi connectivity index (χ3n) is 1.65. The van der Waals surface area contributed by atoms with E-state index in [1.807, 2.05) is 0 Å². The largest absolute Gasteiger partial charge is 0.478 e. The summed E-state index contributed by atoms with van der Waals surface area (Å²) in [7, 11) is 0. The van der Waals surface area contributed by atoms with E-state index in [1.165, 1.54) is 0 Å². The van der Waals surface area contributed by atoms with Gasteiger partial charge < -0.3 is 5.11 Å². The molecule has 118 valence electrons. The fraction of sp³-hybridized carbons (Fsp3) is 0.625. The summed E-state index contributed by atoms with van der Waals surface area (Å²) >= 11 is 0. The van der Waals surface area contributed by atoms with Crippen LogP contribution in [0.5, 0.6) is 0 Å². The van der Waals surface area contributed by atoms with Gasteiger partial charge in [-0.15, -0.1) is 0 Å². The zero-order valence-electron chi connectivity index (χ0n) is 9.03. The first-order chi connectivity index (χ1) is 8.68. The lowest BCUT2D eigenvalue weighted by molar-refractivity contribution is -0.453. The number of carboxylic acids is 1. The number of alkyl halides is 9. The molecule has 0 spiro atoms. The van der Waals surface area contributed by atoms with Gasteiger partial charge in [-0.25, -0.2) is 13.9 Å². The van der Waals surface area contributed by atoms with Crippen LogP contribution >= 0.6 is 0 Å². The van der Waals surface area contributed by atoms with Crippen LogP contribution in [0.25, 0.3) is 0 Å². The molecule has 0 aromatic heterocycles. The van der Waals surface area contributed by atoms with E-state index in [0.717, 1.165) is 0 Å². The molecule has 0 atom stereocenters. The minimum absolute atomic E-state index is 0.600. The molecule has 20 heavy (non-hydrogen) atoms. The van der Waals surface area contributed by atoms with Gasteiger partial charge in [0.1, 0.15) is 0 Å². The first-order valence-electron chi connectivity index (χ1n) is 4.38. The Kier molecular flexibility index (Phi) is 5.10. The van der Waals surface area contributed by atoms with E-state index in [2.05, 4.69) is 4.74 Å². The van der Waals surface area contributed by atoms with Gasteiger partial charge in [0.2, 0.25) is 0 Å². The van der Waals surface area contributed by atoms with Gasteiger partial charge in [-0.3, -0.25) is 0 Å². The molecule has 3 nitrogen and oxygen atoms in total. The summed E-state index contributed by atoms with van der Waals surface area (Å²) in [6, 6.07) is 0. The molecule has 0 radical (unpaired) electrons. The maximum Gasteiger partial charge on any atom is 0.430 e. The fourth-order valence-electron chi connectivity index (χ4n) is 0.754. The highest BCUT2D eigenvalue weighted by Crippen LogP contribution is 2.48. The molecule has 0 bridgehead atoms. The molecule has 0 aliphatic carbocycles. The number of ether oxygens (including phenoxy) is 1. The lowest BCUT2D eigenvalue weighted by Gasteiger charge is -2.32. The van der Waals surface area contributed by atoms with Crippen LogP contribution in [0.1, 0.15) is 0 Å². The second-order valence-electron chi connectivity index (χ2n) is 3.26. The van der Waals surface area contributed by atoms with Gasteiger partial charge in [0.15, 0.2) is 6.67 Å². The quantitative estimate of drug-likeness (QED) is 0.579. The molecule has 0 amide bonds. The highest BCUT2D eigenvalue weighted by atomic mass is 19.4. The molecular formula is C8H5F9O3. The molecule has 0 unspecified atom stereocenters. The van der Waals surface area contributed by atoms with Crippen molar-refractivity contribution in [3.63, 3.8) is 0 Å². The van der Waals surface area contributed by atoms with Crippen molar-refractivity contribution in [3.8, 4) is 0 Å². The van der Waals surface area contributed by atoms with Crippen molar-refractivity contribution >= 4 is 5.97 Å². The van der Waals surface area contributed by atoms with Gasteiger partial charge in [0.05, 0.1) is 0 Å². The molecule has 0 aromatic rings. The Morgan fingerprint density at radius 3 is 1.85 bits per heavy atom. The van der Waals surface area contributed by atoms with Crippen molar-refractivity contribution in [1.82, 2.24) is 0 Å². The zero-order valence-corrected chi connectivity index (χ0v) is 9.03. The van der Waals surface area contributed by atoms with Crippen LogP contribution in [0.4, 0.5) is 39.5 Å². The van der Waals surface area contributed by atoms with E-state index >= 15 is 0 Å².